The highest BCUT2D eigenvalue weighted by molar-refractivity contribution is 4.91. The van der Waals surface area contributed by atoms with Crippen LogP contribution in [-0.4, -0.2) is 5.54 Å². The summed E-state index contributed by atoms with van der Waals surface area (Å²) in [6.07, 6.45) is 14.8. The standard InChI is InChI=1S/C17H35N/c1-4-7-9-15(6-3)14-17(18)12-10-16(8-5-2)11-13-17/h15-16H,4-14,18H2,1-3H3. The van der Waals surface area contributed by atoms with Gasteiger partial charge in [-0.05, 0) is 43.9 Å². The minimum Gasteiger partial charge on any atom is -0.325 e. The minimum absolute atomic E-state index is 0.179. The van der Waals surface area contributed by atoms with Crippen LogP contribution in [0.5, 0.6) is 0 Å². The largest absolute Gasteiger partial charge is 0.325 e. The van der Waals surface area contributed by atoms with Crippen molar-refractivity contribution in [3.8, 4) is 0 Å². The summed E-state index contributed by atoms with van der Waals surface area (Å²) in [5.74, 6) is 1.85. The van der Waals surface area contributed by atoms with Crippen molar-refractivity contribution in [3.05, 3.63) is 0 Å². The Kier molecular flexibility index (Phi) is 7.29. The van der Waals surface area contributed by atoms with E-state index in [1.54, 1.807) is 0 Å². The zero-order valence-electron chi connectivity index (χ0n) is 13.0. The zero-order valence-corrected chi connectivity index (χ0v) is 13.0. The molecule has 1 saturated carbocycles. The average Bonchev–Trinajstić information content (AvgIpc) is 2.38. The highest BCUT2D eigenvalue weighted by Crippen LogP contribution is 2.37. The molecule has 108 valence electrons. The Morgan fingerprint density at radius 3 is 2.28 bits per heavy atom. The molecule has 1 aliphatic carbocycles. The smallest absolute Gasteiger partial charge is 0.0157 e. The van der Waals surface area contributed by atoms with Crippen molar-refractivity contribution in [1.29, 1.82) is 0 Å². The van der Waals surface area contributed by atoms with E-state index < -0.39 is 0 Å². The van der Waals surface area contributed by atoms with Gasteiger partial charge >= 0.3 is 0 Å². The van der Waals surface area contributed by atoms with Crippen molar-refractivity contribution in [3.63, 3.8) is 0 Å². The van der Waals surface area contributed by atoms with E-state index in [4.69, 9.17) is 5.73 Å². The lowest BCUT2D eigenvalue weighted by atomic mass is 9.71. The molecule has 1 atom stereocenters. The number of nitrogens with two attached hydrogens (primary N) is 1. The molecule has 1 rings (SSSR count). The molecule has 0 heterocycles. The molecule has 1 nitrogen and oxygen atoms in total. The van der Waals surface area contributed by atoms with Crippen LogP contribution in [0.2, 0.25) is 0 Å². The molecule has 1 fully saturated rings. The Balaban J connectivity index is 2.36. The number of unbranched alkanes of at least 4 members (excludes halogenated alkanes) is 1. The molecular formula is C17H35N. The first-order chi connectivity index (χ1) is 8.63. The summed E-state index contributed by atoms with van der Waals surface area (Å²) in [5.41, 5.74) is 6.84. The fourth-order valence-electron chi connectivity index (χ4n) is 3.67. The SMILES string of the molecule is CCCCC(CC)CC1(N)CCC(CCC)CC1. The maximum absolute atomic E-state index is 6.67. The zero-order chi connectivity index (χ0) is 13.4. The lowest BCUT2D eigenvalue weighted by Crippen LogP contribution is -2.44. The molecule has 0 aromatic carbocycles. The lowest BCUT2D eigenvalue weighted by molar-refractivity contribution is 0.182. The summed E-state index contributed by atoms with van der Waals surface area (Å²) in [6, 6.07) is 0. The van der Waals surface area contributed by atoms with Gasteiger partial charge in [-0.3, -0.25) is 0 Å². The van der Waals surface area contributed by atoms with Gasteiger partial charge in [-0.25, -0.2) is 0 Å². The number of hydrogen-bond donors (Lipinski definition) is 1. The fourth-order valence-corrected chi connectivity index (χ4v) is 3.67. The molecule has 2 N–H and O–H groups in total. The van der Waals surface area contributed by atoms with E-state index >= 15 is 0 Å². The molecule has 0 saturated heterocycles. The Hall–Kier alpha value is -0.0400. The molecule has 0 spiro atoms. The highest BCUT2D eigenvalue weighted by atomic mass is 14.7. The van der Waals surface area contributed by atoms with Gasteiger partial charge in [-0.1, -0.05) is 59.3 Å². The van der Waals surface area contributed by atoms with Crippen LogP contribution in [-0.2, 0) is 0 Å². The fraction of sp³-hybridized carbons (Fsp3) is 1.00. The van der Waals surface area contributed by atoms with Crippen LogP contribution in [0.3, 0.4) is 0 Å². The molecule has 1 unspecified atom stereocenters. The third-order valence-corrected chi connectivity index (χ3v) is 5.04. The van der Waals surface area contributed by atoms with Crippen molar-refractivity contribution < 1.29 is 0 Å². The van der Waals surface area contributed by atoms with Crippen LogP contribution in [0.25, 0.3) is 0 Å². The van der Waals surface area contributed by atoms with Crippen molar-refractivity contribution in [2.45, 2.75) is 96.9 Å². The highest BCUT2D eigenvalue weighted by Gasteiger charge is 2.32. The van der Waals surface area contributed by atoms with Gasteiger partial charge in [0.25, 0.3) is 0 Å². The summed E-state index contributed by atoms with van der Waals surface area (Å²) in [5, 5.41) is 0. The molecule has 1 aliphatic rings. The van der Waals surface area contributed by atoms with Crippen LogP contribution in [0, 0.1) is 11.8 Å². The van der Waals surface area contributed by atoms with Crippen LogP contribution in [0.15, 0.2) is 0 Å². The molecule has 1 heteroatoms. The van der Waals surface area contributed by atoms with Crippen molar-refractivity contribution in [2.24, 2.45) is 17.6 Å². The van der Waals surface area contributed by atoms with Crippen molar-refractivity contribution >= 4 is 0 Å². The predicted molar refractivity (Wildman–Crippen MR) is 81.7 cm³/mol. The van der Waals surface area contributed by atoms with Gasteiger partial charge in [0, 0.05) is 5.54 Å². The van der Waals surface area contributed by atoms with E-state index in [1.807, 2.05) is 0 Å². The normalized spacial score (nSPS) is 30.3. The topological polar surface area (TPSA) is 26.0 Å². The van der Waals surface area contributed by atoms with E-state index in [0.29, 0.717) is 0 Å². The molecule has 0 aliphatic heterocycles. The van der Waals surface area contributed by atoms with Crippen LogP contribution >= 0.6 is 0 Å². The van der Waals surface area contributed by atoms with E-state index in [0.717, 1.165) is 11.8 Å². The van der Waals surface area contributed by atoms with E-state index in [9.17, 15) is 0 Å². The van der Waals surface area contributed by atoms with E-state index in [-0.39, 0.29) is 5.54 Å². The lowest BCUT2D eigenvalue weighted by Gasteiger charge is -2.39. The Bertz CT molecular complexity index is 204. The van der Waals surface area contributed by atoms with Gasteiger partial charge in [0.05, 0.1) is 0 Å². The van der Waals surface area contributed by atoms with Crippen LogP contribution < -0.4 is 5.73 Å². The average molecular weight is 253 g/mol. The summed E-state index contributed by atoms with van der Waals surface area (Å²) in [6.45, 7) is 6.94. The number of hydrogen-bond acceptors (Lipinski definition) is 1. The maximum atomic E-state index is 6.67. The Labute approximate surface area is 115 Å². The molecule has 0 aromatic heterocycles. The third-order valence-electron chi connectivity index (χ3n) is 5.04. The first-order valence-electron chi connectivity index (χ1n) is 8.42. The van der Waals surface area contributed by atoms with Crippen LogP contribution in [0.4, 0.5) is 0 Å². The summed E-state index contributed by atoms with van der Waals surface area (Å²) < 4.78 is 0. The van der Waals surface area contributed by atoms with E-state index in [1.165, 1.54) is 70.6 Å². The second kappa shape index (κ2) is 8.19. The van der Waals surface area contributed by atoms with Gasteiger partial charge in [0.1, 0.15) is 0 Å². The first-order valence-corrected chi connectivity index (χ1v) is 8.42. The molecular weight excluding hydrogens is 218 g/mol. The van der Waals surface area contributed by atoms with Crippen molar-refractivity contribution in [1.82, 2.24) is 0 Å². The molecule has 0 radical (unpaired) electrons. The molecule has 0 bridgehead atoms. The van der Waals surface area contributed by atoms with Crippen LogP contribution in [0.1, 0.15) is 91.4 Å². The second-order valence-electron chi connectivity index (χ2n) is 6.72. The first kappa shape index (κ1) is 16.0. The van der Waals surface area contributed by atoms with Gasteiger partial charge < -0.3 is 5.73 Å². The molecule has 18 heavy (non-hydrogen) atoms. The quantitative estimate of drug-likeness (QED) is 0.625. The Morgan fingerprint density at radius 2 is 1.78 bits per heavy atom. The summed E-state index contributed by atoms with van der Waals surface area (Å²) >= 11 is 0. The van der Waals surface area contributed by atoms with Gasteiger partial charge in [0.15, 0.2) is 0 Å². The van der Waals surface area contributed by atoms with E-state index in [2.05, 4.69) is 20.8 Å². The minimum atomic E-state index is 0.179. The summed E-state index contributed by atoms with van der Waals surface area (Å²) in [7, 11) is 0. The summed E-state index contributed by atoms with van der Waals surface area (Å²) in [4.78, 5) is 0. The van der Waals surface area contributed by atoms with Gasteiger partial charge in [0.2, 0.25) is 0 Å². The monoisotopic (exact) mass is 253 g/mol. The van der Waals surface area contributed by atoms with Gasteiger partial charge in [-0.2, -0.15) is 0 Å². The number of rotatable bonds is 8. The molecule has 0 aromatic rings. The molecule has 0 amide bonds. The third kappa shape index (κ3) is 5.30. The predicted octanol–water partition coefficient (Wildman–Crippen LogP) is 5.28. The van der Waals surface area contributed by atoms with Crippen molar-refractivity contribution in [2.75, 3.05) is 0 Å². The van der Waals surface area contributed by atoms with Gasteiger partial charge in [-0.15, -0.1) is 0 Å². The maximum Gasteiger partial charge on any atom is 0.0157 e. The Morgan fingerprint density at radius 1 is 1.11 bits per heavy atom. The second-order valence-corrected chi connectivity index (χ2v) is 6.72.